The Kier molecular flexibility index (Phi) is 7.67. The summed E-state index contributed by atoms with van der Waals surface area (Å²) < 4.78 is 7.81. The molecule has 2 aromatic carbocycles. The molecule has 9 heteroatoms. The molecule has 3 aromatic rings. The van der Waals surface area contributed by atoms with Crippen LogP contribution in [-0.2, 0) is 17.9 Å². The van der Waals surface area contributed by atoms with Crippen LogP contribution in [0.1, 0.15) is 27.3 Å². The number of anilines is 1. The number of hydrogen-bond donors (Lipinski definition) is 2. The summed E-state index contributed by atoms with van der Waals surface area (Å²) in [4.78, 5) is 23.2. The third-order valence-electron chi connectivity index (χ3n) is 4.76. The molecule has 0 aliphatic carbocycles. The zero-order chi connectivity index (χ0) is 23.1. The van der Waals surface area contributed by atoms with Crippen LogP contribution < -0.4 is 10.1 Å². The molecule has 0 spiro atoms. The number of carboxylic acids is 1. The van der Waals surface area contributed by atoms with Gasteiger partial charge in [-0.2, -0.15) is 0 Å². The number of carbonyl (C=O) groups is 2. The molecule has 1 aromatic heterocycles. The molecule has 0 fully saturated rings. The summed E-state index contributed by atoms with van der Waals surface area (Å²) in [6.07, 6.45) is 1.74. The normalized spacial score (nSPS) is 10.6. The van der Waals surface area contributed by atoms with Gasteiger partial charge >= 0.3 is 5.97 Å². The van der Waals surface area contributed by atoms with Gasteiger partial charge in [-0.05, 0) is 55.3 Å². The number of hydrogen-bond acceptors (Lipinski definition) is 6. The van der Waals surface area contributed by atoms with Crippen molar-refractivity contribution >= 4 is 29.3 Å². The Morgan fingerprint density at radius 2 is 1.94 bits per heavy atom. The van der Waals surface area contributed by atoms with Crippen LogP contribution >= 0.6 is 11.8 Å². The van der Waals surface area contributed by atoms with E-state index in [2.05, 4.69) is 22.1 Å². The fourth-order valence-electron chi connectivity index (χ4n) is 2.89. The second kappa shape index (κ2) is 10.6. The maximum atomic E-state index is 12.3. The number of amides is 1. The van der Waals surface area contributed by atoms with E-state index in [1.807, 2.05) is 36.6 Å². The molecule has 2 N–H and O–H groups in total. The van der Waals surface area contributed by atoms with Gasteiger partial charge in [0.05, 0.1) is 11.3 Å². The molecule has 8 nitrogen and oxygen atoms in total. The number of aryl methyl sites for hydroxylation is 1. The van der Waals surface area contributed by atoms with Crippen molar-refractivity contribution in [3.05, 3.63) is 77.6 Å². The molecule has 0 aliphatic heterocycles. The van der Waals surface area contributed by atoms with E-state index in [0.29, 0.717) is 23.2 Å². The molecular formula is C23H24N4O4S. The first-order valence-corrected chi connectivity index (χ1v) is 10.9. The SMILES string of the molecule is C=CCn1c(COc2cccc(C)c2C)nnc1SCC(=O)Nc1ccc(C(=O)O)cc1. The molecule has 1 amide bonds. The standard InChI is InChI=1S/C23H24N4O4S/c1-4-12-27-20(13-31-19-7-5-6-15(2)16(19)3)25-26-23(27)32-14-21(28)24-18-10-8-17(9-11-18)22(29)30/h4-11H,1,12-14H2,2-3H3,(H,24,28)(H,29,30). The Hall–Kier alpha value is -3.59. The Bertz CT molecular complexity index is 1130. The summed E-state index contributed by atoms with van der Waals surface area (Å²) in [7, 11) is 0. The second-order valence-corrected chi connectivity index (χ2v) is 7.95. The monoisotopic (exact) mass is 452 g/mol. The molecule has 3 rings (SSSR count). The van der Waals surface area contributed by atoms with E-state index in [1.165, 1.54) is 23.9 Å². The fraction of sp³-hybridized carbons (Fsp3) is 0.217. The van der Waals surface area contributed by atoms with Gasteiger partial charge in [-0.1, -0.05) is 30.0 Å². The minimum atomic E-state index is -1.02. The lowest BCUT2D eigenvalue weighted by Crippen LogP contribution is -2.15. The molecule has 0 bridgehead atoms. The van der Waals surface area contributed by atoms with Crippen molar-refractivity contribution < 1.29 is 19.4 Å². The summed E-state index contributed by atoms with van der Waals surface area (Å²) >= 11 is 1.25. The van der Waals surface area contributed by atoms with Crippen LogP contribution in [0.25, 0.3) is 0 Å². The predicted molar refractivity (Wildman–Crippen MR) is 123 cm³/mol. The number of nitrogens with one attached hydrogen (secondary N) is 1. The van der Waals surface area contributed by atoms with E-state index in [-0.39, 0.29) is 23.8 Å². The maximum Gasteiger partial charge on any atom is 0.335 e. The fourth-order valence-corrected chi connectivity index (χ4v) is 3.66. The molecule has 0 saturated carbocycles. The van der Waals surface area contributed by atoms with Crippen LogP contribution in [0, 0.1) is 13.8 Å². The number of carbonyl (C=O) groups excluding carboxylic acids is 1. The molecule has 0 radical (unpaired) electrons. The zero-order valence-electron chi connectivity index (χ0n) is 17.9. The van der Waals surface area contributed by atoms with Crippen LogP contribution in [0.3, 0.4) is 0 Å². The van der Waals surface area contributed by atoms with Crippen LogP contribution in [0.5, 0.6) is 5.75 Å². The van der Waals surface area contributed by atoms with Crippen molar-refractivity contribution in [1.29, 1.82) is 0 Å². The predicted octanol–water partition coefficient (Wildman–Crippen LogP) is 4.09. The first-order valence-electron chi connectivity index (χ1n) is 9.87. The van der Waals surface area contributed by atoms with Gasteiger partial charge in [0.25, 0.3) is 0 Å². The van der Waals surface area contributed by atoms with Crippen molar-refractivity contribution in [2.24, 2.45) is 0 Å². The van der Waals surface area contributed by atoms with E-state index in [1.54, 1.807) is 18.2 Å². The minimum absolute atomic E-state index is 0.119. The van der Waals surface area contributed by atoms with E-state index >= 15 is 0 Å². The summed E-state index contributed by atoms with van der Waals surface area (Å²) in [5.74, 6) is 0.295. The van der Waals surface area contributed by atoms with E-state index in [0.717, 1.165) is 16.9 Å². The van der Waals surface area contributed by atoms with Crippen LogP contribution in [0.4, 0.5) is 5.69 Å². The first kappa shape index (κ1) is 23.1. The molecule has 0 atom stereocenters. The highest BCUT2D eigenvalue weighted by Gasteiger charge is 2.15. The Morgan fingerprint density at radius 1 is 1.19 bits per heavy atom. The number of aromatic carboxylic acids is 1. The van der Waals surface area contributed by atoms with Crippen molar-refractivity contribution in [3.63, 3.8) is 0 Å². The zero-order valence-corrected chi connectivity index (χ0v) is 18.7. The average molecular weight is 453 g/mol. The molecule has 0 aliphatic rings. The third-order valence-corrected chi connectivity index (χ3v) is 5.73. The van der Waals surface area contributed by atoms with Gasteiger partial charge in [-0.15, -0.1) is 16.8 Å². The largest absolute Gasteiger partial charge is 0.485 e. The van der Waals surface area contributed by atoms with Gasteiger partial charge in [0.2, 0.25) is 5.91 Å². The van der Waals surface area contributed by atoms with Gasteiger partial charge in [-0.25, -0.2) is 4.79 Å². The number of thioether (sulfide) groups is 1. The quantitative estimate of drug-likeness (QED) is 0.352. The number of rotatable bonds is 10. The summed E-state index contributed by atoms with van der Waals surface area (Å²) in [6.45, 7) is 8.55. The van der Waals surface area contributed by atoms with Gasteiger partial charge < -0.3 is 15.2 Å². The number of aromatic nitrogens is 3. The number of benzene rings is 2. The van der Waals surface area contributed by atoms with Crippen LogP contribution in [0.15, 0.2) is 60.3 Å². The van der Waals surface area contributed by atoms with Crippen molar-refractivity contribution in [2.75, 3.05) is 11.1 Å². The lowest BCUT2D eigenvalue weighted by atomic mass is 10.1. The highest BCUT2D eigenvalue weighted by atomic mass is 32.2. The number of ether oxygens (including phenoxy) is 1. The lowest BCUT2D eigenvalue weighted by molar-refractivity contribution is -0.113. The van der Waals surface area contributed by atoms with Crippen molar-refractivity contribution in [3.8, 4) is 5.75 Å². The van der Waals surface area contributed by atoms with Gasteiger partial charge in [0.1, 0.15) is 12.4 Å². The number of allylic oxidation sites excluding steroid dienone is 1. The summed E-state index contributed by atoms with van der Waals surface area (Å²) in [6, 6.07) is 11.9. The molecule has 0 saturated heterocycles. The van der Waals surface area contributed by atoms with Crippen molar-refractivity contribution in [1.82, 2.24) is 14.8 Å². The van der Waals surface area contributed by atoms with Gasteiger partial charge in [0.15, 0.2) is 11.0 Å². The van der Waals surface area contributed by atoms with Gasteiger partial charge in [0, 0.05) is 12.2 Å². The Morgan fingerprint density at radius 3 is 2.62 bits per heavy atom. The Balaban J connectivity index is 1.61. The summed E-state index contributed by atoms with van der Waals surface area (Å²) in [5.41, 5.74) is 2.90. The number of carboxylic acid groups (broad SMARTS) is 1. The van der Waals surface area contributed by atoms with Gasteiger partial charge in [-0.3, -0.25) is 9.36 Å². The van der Waals surface area contributed by atoms with Crippen molar-refractivity contribution in [2.45, 2.75) is 32.2 Å². The Labute approximate surface area is 190 Å². The highest BCUT2D eigenvalue weighted by molar-refractivity contribution is 7.99. The molecule has 1 heterocycles. The van der Waals surface area contributed by atoms with Crippen LogP contribution in [0.2, 0.25) is 0 Å². The van der Waals surface area contributed by atoms with E-state index < -0.39 is 5.97 Å². The second-order valence-electron chi connectivity index (χ2n) is 7.00. The molecule has 32 heavy (non-hydrogen) atoms. The smallest absolute Gasteiger partial charge is 0.335 e. The third kappa shape index (κ3) is 5.76. The maximum absolute atomic E-state index is 12.3. The van der Waals surface area contributed by atoms with Crippen LogP contribution in [-0.4, -0.2) is 37.5 Å². The molecule has 0 unspecified atom stereocenters. The lowest BCUT2D eigenvalue weighted by Gasteiger charge is -2.12. The highest BCUT2D eigenvalue weighted by Crippen LogP contribution is 2.23. The first-order chi connectivity index (χ1) is 15.4. The molecular weight excluding hydrogens is 428 g/mol. The minimum Gasteiger partial charge on any atom is -0.485 e. The molecule has 166 valence electrons. The topological polar surface area (TPSA) is 106 Å². The summed E-state index contributed by atoms with van der Waals surface area (Å²) in [5, 5.41) is 20.7. The number of nitrogens with zero attached hydrogens (tertiary/aromatic N) is 3. The van der Waals surface area contributed by atoms with E-state index in [4.69, 9.17) is 9.84 Å². The average Bonchev–Trinajstić information content (AvgIpc) is 3.15. The van der Waals surface area contributed by atoms with E-state index in [9.17, 15) is 9.59 Å².